The summed E-state index contributed by atoms with van der Waals surface area (Å²) in [4.78, 5) is 14.5. The normalized spacial score (nSPS) is 10.2. The van der Waals surface area contributed by atoms with Crippen molar-refractivity contribution in [2.24, 2.45) is 0 Å². The van der Waals surface area contributed by atoms with Crippen LogP contribution in [0.4, 0.5) is 17.1 Å². The van der Waals surface area contributed by atoms with Crippen LogP contribution in [0.1, 0.15) is 15.9 Å². The van der Waals surface area contributed by atoms with Gasteiger partial charge in [0.05, 0.1) is 0 Å². The van der Waals surface area contributed by atoms with Crippen LogP contribution in [-0.4, -0.2) is 13.0 Å². The second-order valence-electron chi connectivity index (χ2n) is 5.71. The molecule has 0 unspecified atom stereocenters. The summed E-state index contributed by atoms with van der Waals surface area (Å²) in [5.41, 5.74) is 4.64. The fourth-order valence-corrected chi connectivity index (χ4v) is 2.60. The SMILES string of the molecule is Cc1ccccc1C(=O)Nc1ccc(N(C)c2ccccc2)cc1. The fourth-order valence-electron chi connectivity index (χ4n) is 2.60. The third kappa shape index (κ3) is 3.46. The summed E-state index contributed by atoms with van der Waals surface area (Å²) in [5, 5.41) is 2.95. The zero-order valence-electron chi connectivity index (χ0n) is 13.9. The summed E-state index contributed by atoms with van der Waals surface area (Å²) >= 11 is 0. The van der Waals surface area contributed by atoms with Gasteiger partial charge in [0, 0.05) is 29.7 Å². The number of carbonyl (C=O) groups excluding carboxylic acids is 1. The van der Waals surface area contributed by atoms with Gasteiger partial charge in [-0.15, -0.1) is 0 Å². The summed E-state index contributed by atoms with van der Waals surface area (Å²) in [5.74, 6) is -0.0859. The van der Waals surface area contributed by atoms with Crippen molar-refractivity contribution >= 4 is 23.0 Å². The van der Waals surface area contributed by atoms with E-state index < -0.39 is 0 Å². The van der Waals surface area contributed by atoms with E-state index >= 15 is 0 Å². The zero-order chi connectivity index (χ0) is 16.9. The molecular formula is C21H20N2O. The van der Waals surface area contributed by atoms with Crippen LogP contribution in [0, 0.1) is 6.92 Å². The number of nitrogens with one attached hydrogen (secondary N) is 1. The third-order valence-corrected chi connectivity index (χ3v) is 4.05. The van der Waals surface area contributed by atoms with Gasteiger partial charge in [0.2, 0.25) is 0 Å². The lowest BCUT2D eigenvalue weighted by Crippen LogP contribution is -2.13. The molecule has 3 rings (SSSR count). The number of hydrogen-bond acceptors (Lipinski definition) is 2. The Morgan fingerprint density at radius 3 is 2.04 bits per heavy atom. The molecule has 0 aromatic heterocycles. The lowest BCUT2D eigenvalue weighted by molar-refractivity contribution is 0.102. The van der Waals surface area contributed by atoms with E-state index in [2.05, 4.69) is 22.3 Å². The maximum Gasteiger partial charge on any atom is 0.255 e. The number of anilines is 3. The molecule has 120 valence electrons. The highest BCUT2D eigenvalue weighted by molar-refractivity contribution is 6.05. The molecule has 0 atom stereocenters. The predicted octanol–water partition coefficient (Wildman–Crippen LogP) is 5.02. The van der Waals surface area contributed by atoms with Crippen molar-refractivity contribution < 1.29 is 4.79 Å². The Morgan fingerprint density at radius 1 is 0.792 bits per heavy atom. The molecule has 0 fully saturated rings. The lowest BCUT2D eigenvalue weighted by atomic mass is 10.1. The van der Waals surface area contributed by atoms with Crippen LogP contribution >= 0.6 is 0 Å². The molecule has 1 amide bonds. The summed E-state index contributed by atoms with van der Waals surface area (Å²) < 4.78 is 0. The quantitative estimate of drug-likeness (QED) is 0.733. The second-order valence-corrected chi connectivity index (χ2v) is 5.71. The highest BCUT2D eigenvalue weighted by atomic mass is 16.1. The third-order valence-electron chi connectivity index (χ3n) is 4.05. The van der Waals surface area contributed by atoms with Crippen molar-refractivity contribution in [2.75, 3.05) is 17.3 Å². The van der Waals surface area contributed by atoms with E-state index in [1.165, 1.54) is 0 Å². The number of para-hydroxylation sites is 1. The lowest BCUT2D eigenvalue weighted by Gasteiger charge is -2.19. The van der Waals surface area contributed by atoms with Gasteiger partial charge < -0.3 is 10.2 Å². The van der Waals surface area contributed by atoms with Crippen LogP contribution in [0.3, 0.4) is 0 Å². The van der Waals surface area contributed by atoms with E-state index in [-0.39, 0.29) is 5.91 Å². The van der Waals surface area contributed by atoms with E-state index in [0.717, 1.165) is 22.6 Å². The van der Waals surface area contributed by atoms with Gasteiger partial charge in [-0.25, -0.2) is 0 Å². The first-order chi connectivity index (χ1) is 11.6. The first-order valence-electron chi connectivity index (χ1n) is 7.91. The molecular weight excluding hydrogens is 296 g/mol. The maximum atomic E-state index is 12.4. The van der Waals surface area contributed by atoms with Crippen molar-refractivity contribution in [1.29, 1.82) is 0 Å². The Bertz CT molecular complexity index is 826. The first kappa shape index (κ1) is 15.8. The molecule has 3 aromatic rings. The van der Waals surface area contributed by atoms with E-state index in [1.807, 2.05) is 80.7 Å². The van der Waals surface area contributed by atoms with E-state index in [9.17, 15) is 4.79 Å². The molecule has 0 saturated carbocycles. The number of carbonyl (C=O) groups is 1. The molecule has 0 aliphatic rings. The van der Waals surface area contributed by atoms with Crippen molar-refractivity contribution in [3.63, 3.8) is 0 Å². The largest absolute Gasteiger partial charge is 0.345 e. The minimum absolute atomic E-state index is 0.0859. The smallest absolute Gasteiger partial charge is 0.255 e. The average molecular weight is 316 g/mol. The molecule has 3 nitrogen and oxygen atoms in total. The first-order valence-corrected chi connectivity index (χ1v) is 7.91. The molecule has 3 heteroatoms. The Labute approximate surface area is 142 Å². The molecule has 0 radical (unpaired) electrons. The minimum Gasteiger partial charge on any atom is -0.345 e. The Morgan fingerprint density at radius 2 is 1.38 bits per heavy atom. The number of rotatable bonds is 4. The number of hydrogen-bond donors (Lipinski definition) is 1. The number of amides is 1. The molecule has 3 aromatic carbocycles. The Balaban J connectivity index is 1.73. The predicted molar refractivity (Wildman–Crippen MR) is 100 cm³/mol. The zero-order valence-corrected chi connectivity index (χ0v) is 13.9. The van der Waals surface area contributed by atoms with Crippen molar-refractivity contribution in [2.45, 2.75) is 6.92 Å². The van der Waals surface area contributed by atoms with E-state index in [4.69, 9.17) is 0 Å². The average Bonchev–Trinajstić information content (AvgIpc) is 2.63. The maximum absolute atomic E-state index is 12.4. The van der Waals surface area contributed by atoms with Gasteiger partial charge in [0.15, 0.2) is 0 Å². The number of benzene rings is 3. The van der Waals surface area contributed by atoms with Crippen LogP contribution in [-0.2, 0) is 0 Å². The molecule has 0 spiro atoms. The second kappa shape index (κ2) is 7.01. The highest BCUT2D eigenvalue weighted by Crippen LogP contribution is 2.24. The molecule has 0 aliphatic heterocycles. The van der Waals surface area contributed by atoms with Crippen LogP contribution < -0.4 is 10.2 Å². The van der Waals surface area contributed by atoms with Gasteiger partial charge in [-0.3, -0.25) is 4.79 Å². The minimum atomic E-state index is -0.0859. The summed E-state index contributed by atoms with van der Waals surface area (Å²) in [6.07, 6.45) is 0. The number of nitrogens with zero attached hydrogens (tertiary/aromatic N) is 1. The Kier molecular flexibility index (Phi) is 4.62. The van der Waals surface area contributed by atoms with Gasteiger partial charge >= 0.3 is 0 Å². The van der Waals surface area contributed by atoms with Gasteiger partial charge in [0.1, 0.15) is 0 Å². The summed E-state index contributed by atoms with van der Waals surface area (Å²) in [7, 11) is 2.02. The van der Waals surface area contributed by atoms with E-state index in [0.29, 0.717) is 5.56 Å². The molecule has 1 N–H and O–H groups in total. The van der Waals surface area contributed by atoms with Crippen molar-refractivity contribution in [3.05, 3.63) is 90.0 Å². The van der Waals surface area contributed by atoms with Crippen molar-refractivity contribution in [3.8, 4) is 0 Å². The van der Waals surface area contributed by atoms with Crippen LogP contribution in [0.15, 0.2) is 78.9 Å². The van der Waals surface area contributed by atoms with Crippen LogP contribution in [0.25, 0.3) is 0 Å². The molecule has 0 saturated heterocycles. The fraction of sp³-hybridized carbons (Fsp3) is 0.0952. The van der Waals surface area contributed by atoms with Crippen molar-refractivity contribution in [1.82, 2.24) is 0 Å². The molecule has 24 heavy (non-hydrogen) atoms. The molecule has 0 heterocycles. The summed E-state index contributed by atoms with van der Waals surface area (Å²) in [6.45, 7) is 1.94. The standard InChI is InChI=1S/C21H20N2O/c1-16-8-6-7-11-20(16)21(24)22-17-12-14-19(15-13-17)23(2)18-9-4-3-5-10-18/h3-15H,1-2H3,(H,22,24). The van der Waals surface area contributed by atoms with Gasteiger partial charge in [-0.1, -0.05) is 36.4 Å². The molecule has 0 aliphatic carbocycles. The topological polar surface area (TPSA) is 32.3 Å². The molecule has 0 bridgehead atoms. The Hall–Kier alpha value is -3.07. The highest BCUT2D eigenvalue weighted by Gasteiger charge is 2.09. The van der Waals surface area contributed by atoms with Gasteiger partial charge in [0.25, 0.3) is 5.91 Å². The number of aryl methyl sites for hydroxylation is 1. The van der Waals surface area contributed by atoms with Crippen LogP contribution in [0.2, 0.25) is 0 Å². The van der Waals surface area contributed by atoms with Crippen LogP contribution in [0.5, 0.6) is 0 Å². The van der Waals surface area contributed by atoms with E-state index in [1.54, 1.807) is 0 Å². The summed E-state index contributed by atoms with van der Waals surface area (Å²) in [6, 6.07) is 25.6. The monoisotopic (exact) mass is 316 g/mol. The van der Waals surface area contributed by atoms with Gasteiger partial charge in [-0.05, 0) is 55.0 Å². The van der Waals surface area contributed by atoms with Gasteiger partial charge in [-0.2, -0.15) is 0 Å².